The van der Waals surface area contributed by atoms with Crippen molar-refractivity contribution in [2.75, 3.05) is 52.4 Å². The molecule has 0 rings (SSSR count). The molecule has 17 nitrogen and oxygen atoms in total. The number of aliphatic carboxylic acids is 2. The molecule has 0 heterocycles. The van der Waals surface area contributed by atoms with Gasteiger partial charge in [0, 0.05) is 19.4 Å². The molecule has 6 amide bonds. The SMILES string of the molecule is CCN(CC(=O)O)C(=O)CNC(=O)CNC(=O)CN(CC(=O)O)C(=O)CNC(=O)CNC(=O)CCCCC(=O)I. The summed E-state index contributed by atoms with van der Waals surface area (Å²) in [7, 11) is 0. The zero-order valence-electron chi connectivity index (χ0n) is 21.8. The Hall–Kier alpha value is -3.84. The second kappa shape index (κ2) is 20.1. The lowest BCUT2D eigenvalue weighted by Crippen LogP contribution is -2.49. The first-order chi connectivity index (χ1) is 18.7. The molecule has 0 saturated heterocycles. The van der Waals surface area contributed by atoms with Gasteiger partial charge in [-0.2, -0.15) is 0 Å². The van der Waals surface area contributed by atoms with E-state index in [2.05, 4.69) is 21.3 Å². The standard InChI is InChI=1S/C22H33IN6O11/c1-2-28(12-21(37)38)19(35)9-26-17(33)8-25-18(34)11-29(13-22(39)40)20(36)10-27-16(32)7-24-15(31)6-4-3-5-14(23)30/h2-13H2,1H3,(H,24,31)(H,25,34)(H,26,33)(H,27,32)(H,37,38)(H,39,40). The minimum absolute atomic E-state index is 0.0232. The van der Waals surface area contributed by atoms with E-state index in [1.165, 1.54) is 0 Å². The van der Waals surface area contributed by atoms with E-state index in [0.717, 1.165) is 4.90 Å². The first kappa shape index (κ1) is 36.2. The Balaban J connectivity index is 4.55. The topological polar surface area (TPSA) is 249 Å². The van der Waals surface area contributed by atoms with E-state index in [1.807, 2.05) is 0 Å². The number of carboxylic acids is 2. The van der Waals surface area contributed by atoms with Crippen LogP contribution in [0.5, 0.6) is 0 Å². The number of nitrogens with one attached hydrogen (secondary N) is 4. The molecule has 0 radical (unpaired) electrons. The van der Waals surface area contributed by atoms with Gasteiger partial charge in [0.05, 0.1) is 26.2 Å². The number of hydrogen-bond donors (Lipinski definition) is 6. The summed E-state index contributed by atoms with van der Waals surface area (Å²) in [6.45, 7) is -2.77. The lowest BCUT2D eigenvalue weighted by Gasteiger charge is -2.20. The van der Waals surface area contributed by atoms with Gasteiger partial charge in [0.1, 0.15) is 19.6 Å². The van der Waals surface area contributed by atoms with E-state index in [-0.39, 0.29) is 16.8 Å². The number of rotatable bonds is 20. The van der Waals surface area contributed by atoms with Gasteiger partial charge in [0.25, 0.3) is 0 Å². The Morgan fingerprint density at radius 3 is 1.48 bits per heavy atom. The molecule has 0 unspecified atom stereocenters. The maximum absolute atomic E-state index is 12.4. The molecule has 0 aromatic carbocycles. The summed E-state index contributed by atoms with van der Waals surface area (Å²) in [6, 6.07) is 0. The van der Waals surface area contributed by atoms with Gasteiger partial charge in [0.2, 0.25) is 35.4 Å². The van der Waals surface area contributed by atoms with Gasteiger partial charge in [-0.3, -0.25) is 43.2 Å². The van der Waals surface area contributed by atoms with Crippen LogP contribution in [0.15, 0.2) is 0 Å². The highest BCUT2D eigenvalue weighted by Gasteiger charge is 2.21. The molecule has 0 bridgehead atoms. The van der Waals surface area contributed by atoms with Crippen molar-refractivity contribution in [3.63, 3.8) is 0 Å². The van der Waals surface area contributed by atoms with Gasteiger partial charge in [0.15, 0.2) is 3.79 Å². The summed E-state index contributed by atoms with van der Waals surface area (Å²) in [5, 5.41) is 26.7. The molecule has 18 heteroatoms. The van der Waals surface area contributed by atoms with Crippen LogP contribution in [0, 0.1) is 0 Å². The Morgan fingerprint density at radius 1 is 0.575 bits per heavy atom. The number of carbonyl (C=O) groups is 9. The van der Waals surface area contributed by atoms with Crippen LogP contribution in [0.4, 0.5) is 0 Å². The van der Waals surface area contributed by atoms with Crippen molar-refractivity contribution >= 4 is 73.8 Å². The number of likely N-dealkylation sites (N-methyl/N-ethyl adjacent to an activating group) is 1. The molecule has 40 heavy (non-hydrogen) atoms. The minimum Gasteiger partial charge on any atom is -0.480 e. The summed E-state index contributed by atoms with van der Waals surface area (Å²) in [5.41, 5.74) is 0. The third kappa shape index (κ3) is 18.4. The maximum Gasteiger partial charge on any atom is 0.323 e. The number of amides is 6. The fourth-order valence-electron chi connectivity index (χ4n) is 2.86. The molecular formula is C22H33IN6O11. The molecule has 0 atom stereocenters. The van der Waals surface area contributed by atoms with E-state index in [1.54, 1.807) is 29.5 Å². The van der Waals surface area contributed by atoms with Crippen LogP contribution < -0.4 is 21.3 Å². The van der Waals surface area contributed by atoms with E-state index >= 15 is 0 Å². The highest BCUT2D eigenvalue weighted by atomic mass is 127. The fraction of sp³-hybridized carbons (Fsp3) is 0.591. The summed E-state index contributed by atoms with van der Waals surface area (Å²) in [6.07, 6.45) is 1.42. The predicted molar refractivity (Wildman–Crippen MR) is 144 cm³/mol. The van der Waals surface area contributed by atoms with Crippen molar-refractivity contribution in [1.29, 1.82) is 0 Å². The maximum atomic E-state index is 12.4. The van der Waals surface area contributed by atoms with Crippen molar-refractivity contribution in [2.24, 2.45) is 0 Å². The van der Waals surface area contributed by atoms with E-state index in [4.69, 9.17) is 10.2 Å². The van der Waals surface area contributed by atoms with Crippen molar-refractivity contribution in [1.82, 2.24) is 31.1 Å². The van der Waals surface area contributed by atoms with E-state index < -0.39 is 93.2 Å². The van der Waals surface area contributed by atoms with Crippen LogP contribution >= 0.6 is 22.6 Å². The van der Waals surface area contributed by atoms with Gasteiger partial charge in [-0.25, -0.2) is 0 Å². The molecule has 224 valence electrons. The van der Waals surface area contributed by atoms with Gasteiger partial charge in [-0.15, -0.1) is 0 Å². The number of hydrogen-bond acceptors (Lipinski definition) is 9. The molecule has 0 saturated carbocycles. The molecule has 0 aromatic rings. The lowest BCUT2D eigenvalue weighted by molar-refractivity contribution is -0.146. The zero-order valence-corrected chi connectivity index (χ0v) is 24.0. The molecular weight excluding hydrogens is 651 g/mol. The molecule has 0 spiro atoms. The first-order valence-corrected chi connectivity index (χ1v) is 13.1. The zero-order chi connectivity index (χ0) is 30.7. The largest absolute Gasteiger partial charge is 0.480 e. The van der Waals surface area contributed by atoms with Crippen LogP contribution in [-0.4, -0.2) is 124 Å². The second-order valence-electron chi connectivity index (χ2n) is 8.11. The average molecular weight is 684 g/mol. The Kier molecular flexibility index (Phi) is 18.2. The lowest BCUT2D eigenvalue weighted by atomic mass is 10.2. The van der Waals surface area contributed by atoms with Crippen molar-refractivity contribution in [3.8, 4) is 0 Å². The third-order valence-corrected chi connectivity index (χ3v) is 5.41. The smallest absolute Gasteiger partial charge is 0.323 e. The molecule has 0 aliphatic rings. The molecule has 0 fully saturated rings. The third-order valence-electron chi connectivity index (χ3n) is 4.87. The van der Waals surface area contributed by atoms with Crippen LogP contribution in [-0.2, 0) is 43.2 Å². The van der Waals surface area contributed by atoms with E-state index in [9.17, 15) is 43.2 Å². The molecule has 0 aliphatic heterocycles. The Bertz CT molecular complexity index is 975. The van der Waals surface area contributed by atoms with Crippen LogP contribution in [0.1, 0.15) is 32.6 Å². The van der Waals surface area contributed by atoms with Crippen molar-refractivity contribution in [2.45, 2.75) is 32.6 Å². The number of carbonyl (C=O) groups excluding carboxylic acids is 7. The monoisotopic (exact) mass is 684 g/mol. The van der Waals surface area contributed by atoms with Crippen molar-refractivity contribution in [3.05, 3.63) is 0 Å². The molecule has 6 N–H and O–H groups in total. The average Bonchev–Trinajstić information content (AvgIpc) is 2.87. The summed E-state index contributed by atoms with van der Waals surface area (Å²) in [4.78, 5) is 106. The quantitative estimate of drug-likeness (QED) is 0.0424. The van der Waals surface area contributed by atoms with Crippen LogP contribution in [0.25, 0.3) is 0 Å². The number of nitrogens with zero attached hydrogens (tertiary/aromatic N) is 2. The summed E-state index contributed by atoms with van der Waals surface area (Å²) in [5.74, 6) is -7.11. The first-order valence-electron chi connectivity index (χ1n) is 12.0. The summed E-state index contributed by atoms with van der Waals surface area (Å²) >= 11 is 1.65. The predicted octanol–water partition coefficient (Wildman–Crippen LogP) is -3.18. The van der Waals surface area contributed by atoms with Gasteiger partial charge in [-0.1, -0.05) is 0 Å². The number of carboxylic acid groups (broad SMARTS) is 2. The Labute approximate surface area is 242 Å². The normalized spacial score (nSPS) is 10.1. The van der Waals surface area contributed by atoms with Crippen LogP contribution in [0.3, 0.4) is 0 Å². The van der Waals surface area contributed by atoms with Gasteiger partial charge in [-0.05, 0) is 42.4 Å². The second-order valence-corrected chi connectivity index (χ2v) is 9.32. The van der Waals surface area contributed by atoms with Crippen LogP contribution in [0.2, 0.25) is 0 Å². The highest BCUT2D eigenvalue weighted by molar-refractivity contribution is 14.1. The van der Waals surface area contributed by atoms with E-state index in [0.29, 0.717) is 24.2 Å². The summed E-state index contributed by atoms with van der Waals surface area (Å²) < 4.78 is -0.0232. The fourth-order valence-corrected chi connectivity index (χ4v) is 3.24. The highest BCUT2D eigenvalue weighted by Crippen LogP contribution is 2.03. The van der Waals surface area contributed by atoms with Crippen molar-refractivity contribution < 1.29 is 53.4 Å². The molecule has 0 aliphatic carbocycles. The number of unbranched alkanes of at least 4 members (excludes halogenated alkanes) is 1. The Morgan fingerprint density at radius 2 is 1.00 bits per heavy atom. The number of halogens is 1. The molecule has 0 aromatic heterocycles. The van der Waals surface area contributed by atoms with Gasteiger partial charge >= 0.3 is 11.9 Å². The van der Waals surface area contributed by atoms with Gasteiger partial charge < -0.3 is 41.3 Å². The minimum atomic E-state index is -1.44.